The number of hydrogen-bond donors (Lipinski definition) is 0. The summed E-state index contributed by atoms with van der Waals surface area (Å²) in [7, 11) is 1.73. The number of ether oxygens (including phenoxy) is 1. The Morgan fingerprint density at radius 2 is 1.92 bits per heavy atom. The van der Waals surface area contributed by atoms with E-state index < -0.39 is 0 Å². The summed E-state index contributed by atoms with van der Waals surface area (Å²) in [6, 6.07) is 13.2. The van der Waals surface area contributed by atoms with E-state index >= 15 is 0 Å². The van der Waals surface area contributed by atoms with Crippen LogP contribution in [0, 0.1) is 6.92 Å². The lowest BCUT2D eigenvalue weighted by atomic mass is 10.1. The second-order valence-corrected chi connectivity index (χ2v) is 5.74. The van der Waals surface area contributed by atoms with Crippen LogP contribution in [0.4, 0.5) is 0 Å². The molecule has 0 unspecified atom stereocenters. The zero-order chi connectivity index (χ0) is 17.3. The summed E-state index contributed by atoms with van der Waals surface area (Å²) in [6.07, 6.45) is 0. The third kappa shape index (κ3) is 2.93. The second-order valence-electron chi connectivity index (χ2n) is 5.74. The standard InChI is InChI=1S/C19H18N2O3/c1-12-9-16-17(10-15(12)11-24-13(2)22)21(3)19(23)18(20-16)14-7-5-4-6-8-14/h4-10H,11H2,1-3H3. The average molecular weight is 322 g/mol. The largest absolute Gasteiger partial charge is 0.461 e. The quantitative estimate of drug-likeness (QED) is 0.696. The molecule has 0 saturated heterocycles. The van der Waals surface area contributed by atoms with Gasteiger partial charge in [0.2, 0.25) is 0 Å². The number of carbonyl (C=O) groups excluding carboxylic acids is 1. The van der Waals surface area contributed by atoms with E-state index in [1.165, 1.54) is 6.92 Å². The van der Waals surface area contributed by atoms with Gasteiger partial charge in [0.1, 0.15) is 12.3 Å². The Labute approximate surface area is 139 Å². The van der Waals surface area contributed by atoms with Crippen molar-refractivity contribution >= 4 is 17.0 Å². The van der Waals surface area contributed by atoms with Gasteiger partial charge in [0.05, 0.1) is 11.0 Å². The summed E-state index contributed by atoms with van der Waals surface area (Å²) in [5.74, 6) is -0.332. The van der Waals surface area contributed by atoms with E-state index in [1.807, 2.05) is 49.4 Å². The van der Waals surface area contributed by atoms with Crippen molar-refractivity contribution in [3.8, 4) is 11.3 Å². The van der Waals surface area contributed by atoms with Gasteiger partial charge in [-0.1, -0.05) is 30.3 Å². The molecule has 0 N–H and O–H groups in total. The Bertz CT molecular complexity index is 975. The minimum Gasteiger partial charge on any atom is -0.461 e. The summed E-state index contributed by atoms with van der Waals surface area (Å²) >= 11 is 0. The highest BCUT2D eigenvalue weighted by atomic mass is 16.5. The van der Waals surface area contributed by atoms with Crippen LogP contribution < -0.4 is 5.56 Å². The van der Waals surface area contributed by atoms with Gasteiger partial charge in [-0.2, -0.15) is 0 Å². The molecule has 1 aromatic heterocycles. The summed E-state index contributed by atoms with van der Waals surface area (Å²) in [5, 5.41) is 0. The van der Waals surface area contributed by atoms with Gasteiger partial charge >= 0.3 is 5.97 Å². The molecule has 0 spiro atoms. The van der Waals surface area contributed by atoms with Crippen molar-refractivity contribution in [2.24, 2.45) is 7.05 Å². The molecule has 122 valence electrons. The van der Waals surface area contributed by atoms with Crippen LogP contribution in [0.25, 0.3) is 22.3 Å². The summed E-state index contributed by atoms with van der Waals surface area (Å²) in [6.45, 7) is 3.50. The molecular weight excluding hydrogens is 304 g/mol. The molecule has 3 aromatic rings. The minimum atomic E-state index is -0.332. The highest BCUT2D eigenvalue weighted by molar-refractivity contribution is 5.79. The predicted octanol–water partition coefficient (Wildman–Crippen LogP) is 2.97. The molecule has 0 amide bonds. The van der Waals surface area contributed by atoms with E-state index in [0.29, 0.717) is 11.2 Å². The first-order valence-corrected chi connectivity index (χ1v) is 7.66. The highest BCUT2D eigenvalue weighted by Crippen LogP contribution is 2.21. The molecule has 0 atom stereocenters. The lowest BCUT2D eigenvalue weighted by Crippen LogP contribution is -2.21. The topological polar surface area (TPSA) is 61.2 Å². The van der Waals surface area contributed by atoms with Gasteiger partial charge in [-0.3, -0.25) is 9.59 Å². The molecular formula is C19H18N2O3. The Balaban J connectivity index is 2.18. The van der Waals surface area contributed by atoms with E-state index in [0.717, 1.165) is 22.2 Å². The van der Waals surface area contributed by atoms with Gasteiger partial charge in [0, 0.05) is 19.5 Å². The van der Waals surface area contributed by atoms with Crippen LogP contribution in [0.3, 0.4) is 0 Å². The zero-order valence-electron chi connectivity index (χ0n) is 13.9. The third-order valence-electron chi connectivity index (χ3n) is 4.01. The zero-order valence-corrected chi connectivity index (χ0v) is 13.9. The van der Waals surface area contributed by atoms with E-state index in [2.05, 4.69) is 4.98 Å². The van der Waals surface area contributed by atoms with Crippen LogP contribution in [0.15, 0.2) is 47.3 Å². The first kappa shape index (κ1) is 15.9. The van der Waals surface area contributed by atoms with Crippen LogP contribution in [-0.4, -0.2) is 15.5 Å². The Morgan fingerprint density at radius 1 is 1.21 bits per heavy atom. The maximum atomic E-state index is 12.7. The van der Waals surface area contributed by atoms with Crippen molar-refractivity contribution in [1.82, 2.24) is 9.55 Å². The summed E-state index contributed by atoms with van der Waals surface area (Å²) in [5.41, 5.74) is 4.35. The predicted molar refractivity (Wildman–Crippen MR) is 92.6 cm³/mol. The molecule has 1 heterocycles. The fourth-order valence-electron chi connectivity index (χ4n) is 2.64. The van der Waals surface area contributed by atoms with Gasteiger partial charge in [0.15, 0.2) is 0 Å². The average Bonchev–Trinajstić information content (AvgIpc) is 2.57. The number of rotatable bonds is 3. The molecule has 0 aliphatic heterocycles. The molecule has 24 heavy (non-hydrogen) atoms. The molecule has 5 nitrogen and oxygen atoms in total. The smallest absolute Gasteiger partial charge is 0.302 e. The number of benzene rings is 2. The molecule has 0 aliphatic rings. The van der Waals surface area contributed by atoms with Crippen molar-refractivity contribution < 1.29 is 9.53 Å². The van der Waals surface area contributed by atoms with Crippen molar-refractivity contribution in [1.29, 1.82) is 0 Å². The number of aromatic nitrogens is 2. The van der Waals surface area contributed by atoms with Crippen LogP contribution in [-0.2, 0) is 23.2 Å². The normalized spacial score (nSPS) is 10.8. The van der Waals surface area contributed by atoms with E-state index in [1.54, 1.807) is 11.6 Å². The van der Waals surface area contributed by atoms with Gasteiger partial charge < -0.3 is 9.30 Å². The molecule has 5 heteroatoms. The SMILES string of the molecule is CC(=O)OCc1cc2c(cc1C)nc(-c1ccccc1)c(=O)n2C. The van der Waals surface area contributed by atoms with Crippen LogP contribution in [0.5, 0.6) is 0 Å². The van der Waals surface area contributed by atoms with Gasteiger partial charge in [0.25, 0.3) is 5.56 Å². The number of hydrogen-bond acceptors (Lipinski definition) is 4. The maximum Gasteiger partial charge on any atom is 0.302 e. The van der Waals surface area contributed by atoms with E-state index in [9.17, 15) is 9.59 Å². The number of carbonyl (C=O) groups is 1. The number of fused-ring (bicyclic) bond motifs is 1. The molecule has 0 bridgehead atoms. The van der Waals surface area contributed by atoms with Crippen molar-refractivity contribution in [3.05, 3.63) is 63.9 Å². The molecule has 2 aromatic carbocycles. The first-order chi connectivity index (χ1) is 11.5. The van der Waals surface area contributed by atoms with E-state index in [4.69, 9.17) is 4.74 Å². The fraction of sp³-hybridized carbons (Fsp3) is 0.211. The molecule has 0 saturated carbocycles. The highest BCUT2D eigenvalue weighted by Gasteiger charge is 2.12. The van der Waals surface area contributed by atoms with E-state index in [-0.39, 0.29) is 18.1 Å². The second kappa shape index (κ2) is 6.28. The number of nitrogens with zero attached hydrogens (tertiary/aromatic N) is 2. The van der Waals surface area contributed by atoms with Crippen molar-refractivity contribution in [3.63, 3.8) is 0 Å². The van der Waals surface area contributed by atoms with Gasteiger partial charge in [-0.25, -0.2) is 4.98 Å². The lowest BCUT2D eigenvalue weighted by molar-refractivity contribution is -0.142. The third-order valence-corrected chi connectivity index (χ3v) is 4.01. The Morgan fingerprint density at radius 3 is 2.58 bits per heavy atom. The molecule has 3 rings (SSSR count). The first-order valence-electron chi connectivity index (χ1n) is 7.66. The monoisotopic (exact) mass is 322 g/mol. The molecule has 0 radical (unpaired) electrons. The van der Waals surface area contributed by atoms with Gasteiger partial charge in [-0.05, 0) is 30.2 Å². The van der Waals surface area contributed by atoms with Crippen LogP contribution in [0.2, 0.25) is 0 Å². The fourth-order valence-corrected chi connectivity index (χ4v) is 2.64. The number of aryl methyl sites for hydroxylation is 2. The lowest BCUT2D eigenvalue weighted by Gasteiger charge is -2.12. The Kier molecular flexibility index (Phi) is 4.16. The number of esters is 1. The van der Waals surface area contributed by atoms with Crippen LogP contribution >= 0.6 is 0 Å². The van der Waals surface area contributed by atoms with Gasteiger partial charge in [-0.15, -0.1) is 0 Å². The minimum absolute atomic E-state index is 0.156. The van der Waals surface area contributed by atoms with Crippen LogP contribution in [0.1, 0.15) is 18.1 Å². The summed E-state index contributed by atoms with van der Waals surface area (Å²) < 4.78 is 6.66. The van der Waals surface area contributed by atoms with Crippen molar-refractivity contribution in [2.45, 2.75) is 20.5 Å². The molecule has 0 aliphatic carbocycles. The van der Waals surface area contributed by atoms with Crippen molar-refractivity contribution in [2.75, 3.05) is 0 Å². The Hall–Kier alpha value is -2.95. The molecule has 0 fully saturated rings. The maximum absolute atomic E-state index is 12.7. The summed E-state index contributed by atoms with van der Waals surface area (Å²) in [4.78, 5) is 28.2.